The van der Waals surface area contributed by atoms with E-state index in [-0.39, 0.29) is 0 Å². The summed E-state index contributed by atoms with van der Waals surface area (Å²) in [5.41, 5.74) is 0.317. The lowest BCUT2D eigenvalue weighted by atomic mass is 9.99. The van der Waals surface area contributed by atoms with Gasteiger partial charge in [-0.05, 0) is 17.8 Å². The molecule has 0 amide bonds. The molecule has 0 rings (SSSR count). The van der Waals surface area contributed by atoms with Crippen molar-refractivity contribution in [2.45, 2.75) is 60.3 Å². The maximum absolute atomic E-state index is 5.61. The number of hydrogen-bond donors (Lipinski definition) is 0. The van der Waals surface area contributed by atoms with E-state index in [2.05, 4.69) is 34.6 Å². The average Bonchev–Trinajstić information content (AvgIpc) is 2.00. The quantitative estimate of drug-likeness (QED) is 0.558. The minimum atomic E-state index is 0.317. The molecule has 0 atom stereocenters. The Kier molecular flexibility index (Phi) is 7.26. The van der Waals surface area contributed by atoms with E-state index >= 15 is 0 Å². The summed E-state index contributed by atoms with van der Waals surface area (Å²) in [4.78, 5) is 0. The van der Waals surface area contributed by atoms with Crippen LogP contribution in [0.2, 0.25) is 0 Å². The van der Waals surface area contributed by atoms with E-state index in [9.17, 15) is 0 Å². The van der Waals surface area contributed by atoms with Crippen molar-refractivity contribution >= 4 is 0 Å². The Hall–Kier alpha value is -0.0400. The highest BCUT2D eigenvalue weighted by Crippen LogP contribution is 2.13. The molecule has 0 aliphatic heterocycles. The highest BCUT2D eigenvalue weighted by Gasteiger charge is 2.09. The van der Waals surface area contributed by atoms with Crippen LogP contribution in [0.4, 0.5) is 0 Å². The molecule has 0 bridgehead atoms. The summed E-state index contributed by atoms with van der Waals surface area (Å²) < 4.78 is 5.61. The van der Waals surface area contributed by atoms with Gasteiger partial charge in [0.2, 0.25) is 0 Å². The van der Waals surface area contributed by atoms with Crippen LogP contribution in [0.15, 0.2) is 0 Å². The van der Waals surface area contributed by atoms with Crippen LogP contribution in [0.1, 0.15) is 60.3 Å². The fourth-order valence-corrected chi connectivity index (χ4v) is 1.31. The second-order valence-electron chi connectivity index (χ2n) is 5.86. The Morgan fingerprint density at radius 3 is 2.14 bits per heavy atom. The van der Waals surface area contributed by atoms with Crippen LogP contribution in [0.25, 0.3) is 0 Å². The van der Waals surface area contributed by atoms with Crippen LogP contribution in [0, 0.1) is 11.3 Å². The van der Waals surface area contributed by atoms with E-state index in [0.29, 0.717) is 5.41 Å². The van der Waals surface area contributed by atoms with E-state index in [1.54, 1.807) is 0 Å². The van der Waals surface area contributed by atoms with Crippen molar-refractivity contribution in [1.29, 1.82) is 0 Å². The first kappa shape index (κ1) is 14.0. The summed E-state index contributed by atoms with van der Waals surface area (Å²) in [7, 11) is 0. The standard InChI is InChI=1S/C13H28O/c1-12(2)9-7-6-8-10-14-11-13(3,4)5/h12H,6-11H2,1-5H3. The molecule has 0 aromatic rings. The predicted octanol–water partition coefficient (Wildman–Crippen LogP) is 4.27. The third kappa shape index (κ3) is 12.0. The van der Waals surface area contributed by atoms with Crippen LogP contribution < -0.4 is 0 Å². The fourth-order valence-electron chi connectivity index (χ4n) is 1.31. The van der Waals surface area contributed by atoms with E-state index in [1.165, 1.54) is 25.7 Å². The van der Waals surface area contributed by atoms with Gasteiger partial charge in [-0.2, -0.15) is 0 Å². The minimum absolute atomic E-state index is 0.317. The summed E-state index contributed by atoms with van der Waals surface area (Å²) in [6.45, 7) is 13.0. The first-order valence-corrected chi connectivity index (χ1v) is 5.99. The van der Waals surface area contributed by atoms with E-state index in [1.807, 2.05) is 0 Å². The van der Waals surface area contributed by atoms with Gasteiger partial charge >= 0.3 is 0 Å². The van der Waals surface area contributed by atoms with Gasteiger partial charge in [0.25, 0.3) is 0 Å². The van der Waals surface area contributed by atoms with E-state index < -0.39 is 0 Å². The van der Waals surface area contributed by atoms with Crippen molar-refractivity contribution < 1.29 is 4.74 Å². The largest absolute Gasteiger partial charge is 0.381 e. The third-order valence-corrected chi connectivity index (χ3v) is 2.11. The molecule has 14 heavy (non-hydrogen) atoms. The number of ether oxygens (including phenoxy) is 1. The van der Waals surface area contributed by atoms with Gasteiger partial charge in [0.15, 0.2) is 0 Å². The number of hydrogen-bond acceptors (Lipinski definition) is 1. The lowest BCUT2D eigenvalue weighted by Gasteiger charge is -2.17. The molecule has 0 unspecified atom stereocenters. The first-order valence-electron chi connectivity index (χ1n) is 5.99. The van der Waals surface area contributed by atoms with E-state index in [4.69, 9.17) is 4.74 Å². The van der Waals surface area contributed by atoms with E-state index in [0.717, 1.165) is 19.1 Å². The molecule has 0 saturated carbocycles. The van der Waals surface area contributed by atoms with Gasteiger partial charge in [-0.25, -0.2) is 0 Å². The van der Waals surface area contributed by atoms with Gasteiger partial charge in [0, 0.05) is 6.61 Å². The van der Waals surface area contributed by atoms with Crippen LogP contribution >= 0.6 is 0 Å². The number of rotatable bonds is 7. The summed E-state index contributed by atoms with van der Waals surface area (Å²) in [6.07, 6.45) is 5.26. The third-order valence-electron chi connectivity index (χ3n) is 2.11. The Morgan fingerprint density at radius 2 is 1.64 bits per heavy atom. The molecule has 0 saturated heterocycles. The molecule has 86 valence electrons. The molecule has 0 aromatic carbocycles. The maximum atomic E-state index is 5.61. The maximum Gasteiger partial charge on any atom is 0.0514 e. The van der Waals surface area contributed by atoms with Crippen molar-refractivity contribution in [1.82, 2.24) is 0 Å². The summed E-state index contributed by atoms with van der Waals surface area (Å²) in [5.74, 6) is 0.852. The lowest BCUT2D eigenvalue weighted by Crippen LogP contribution is -2.14. The molecule has 0 spiro atoms. The SMILES string of the molecule is CC(C)CCCCCOCC(C)(C)C. The van der Waals surface area contributed by atoms with Gasteiger partial charge < -0.3 is 4.74 Å². The van der Waals surface area contributed by atoms with Gasteiger partial charge in [0.05, 0.1) is 6.61 Å². The van der Waals surface area contributed by atoms with Crippen LogP contribution in [0.3, 0.4) is 0 Å². The molecular formula is C13H28O. The zero-order valence-corrected chi connectivity index (χ0v) is 10.7. The summed E-state index contributed by atoms with van der Waals surface area (Å²) in [5, 5.41) is 0. The molecule has 1 nitrogen and oxygen atoms in total. The van der Waals surface area contributed by atoms with Gasteiger partial charge in [-0.3, -0.25) is 0 Å². The van der Waals surface area contributed by atoms with Crippen LogP contribution in [-0.2, 0) is 4.74 Å². The van der Waals surface area contributed by atoms with Crippen molar-refractivity contribution in [2.24, 2.45) is 11.3 Å². The molecule has 0 N–H and O–H groups in total. The van der Waals surface area contributed by atoms with Gasteiger partial charge in [0.1, 0.15) is 0 Å². The first-order chi connectivity index (χ1) is 6.42. The molecule has 0 aliphatic rings. The van der Waals surface area contributed by atoms with Crippen LogP contribution in [0.5, 0.6) is 0 Å². The second-order valence-corrected chi connectivity index (χ2v) is 5.86. The Morgan fingerprint density at radius 1 is 1.00 bits per heavy atom. The normalized spacial score (nSPS) is 12.4. The second kappa shape index (κ2) is 7.28. The Bertz CT molecular complexity index is 122. The minimum Gasteiger partial charge on any atom is -0.381 e. The molecular weight excluding hydrogens is 172 g/mol. The molecule has 1 heteroatoms. The average molecular weight is 200 g/mol. The van der Waals surface area contributed by atoms with Crippen molar-refractivity contribution in [2.75, 3.05) is 13.2 Å². The van der Waals surface area contributed by atoms with Gasteiger partial charge in [-0.1, -0.05) is 53.9 Å². The van der Waals surface area contributed by atoms with Crippen LogP contribution in [-0.4, -0.2) is 13.2 Å². The van der Waals surface area contributed by atoms with Crippen molar-refractivity contribution in [3.8, 4) is 0 Å². The molecule has 0 heterocycles. The van der Waals surface area contributed by atoms with Gasteiger partial charge in [-0.15, -0.1) is 0 Å². The highest BCUT2D eigenvalue weighted by molar-refractivity contribution is 4.58. The Labute approximate surface area is 90.2 Å². The Balaban J connectivity index is 3.07. The smallest absolute Gasteiger partial charge is 0.0514 e. The zero-order valence-electron chi connectivity index (χ0n) is 10.7. The predicted molar refractivity (Wildman–Crippen MR) is 63.6 cm³/mol. The molecule has 0 radical (unpaired) electrons. The molecule has 0 fully saturated rings. The zero-order chi connectivity index (χ0) is 11.0. The molecule has 0 aromatic heterocycles. The van der Waals surface area contributed by atoms with Crippen molar-refractivity contribution in [3.63, 3.8) is 0 Å². The van der Waals surface area contributed by atoms with Crippen molar-refractivity contribution in [3.05, 3.63) is 0 Å². The lowest BCUT2D eigenvalue weighted by molar-refractivity contribution is 0.0685. The highest BCUT2D eigenvalue weighted by atomic mass is 16.5. The fraction of sp³-hybridized carbons (Fsp3) is 1.00. The molecule has 0 aliphatic carbocycles. The monoisotopic (exact) mass is 200 g/mol. The topological polar surface area (TPSA) is 9.23 Å². The summed E-state index contributed by atoms with van der Waals surface area (Å²) in [6, 6.07) is 0. The number of unbranched alkanes of at least 4 members (excludes halogenated alkanes) is 2. The summed E-state index contributed by atoms with van der Waals surface area (Å²) >= 11 is 0.